The van der Waals surface area contributed by atoms with Crippen LogP contribution in [0, 0.1) is 6.92 Å². The second-order valence-corrected chi connectivity index (χ2v) is 5.20. The van der Waals surface area contributed by atoms with Crippen LogP contribution in [0.4, 0.5) is 5.95 Å². The Kier molecular flexibility index (Phi) is 4.54. The minimum absolute atomic E-state index is 0.332. The molecule has 2 atom stereocenters. The molecule has 0 aromatic carbocycles. The molecule has 0 bridgehead atoms. The van der Waals surface area contributed by atoms with Gasteiger partial charge in [-0.2, -0.15) is 0 Å². The van der Waals surface area contributed by atoms with Crippen molar-refractivity contribution in [2.24, 2.45) is 0 Å². The van der Waals surface area contributed by atoms with Crippen molar-refractivity contribution in [3.05, 3.63) is 17.5 Å². The van der Waals surface area contributed by atoms with Gasteiger partial charge in [0.15, 0.2) is 0 Å². The lowest BCUT2D eigenvalue weighted by atomic mass is 10.1. The van der Waals surface area contributed by atoms with Crippen LogP contribution in [-0.4, -0.2) is 47.7 Å². The summed E-state index contributed by atoms with van der Waals surface area (Å²) in [5.74, 6) is 0.315. The van der Waals surface area contributed by atoms with Gasteiger partial charge in [0.2, 0.25) is 5.95 Å². The molecule has 2 heterocycles. The normalized spacial score (nSPS) is 22.7. The van der Waals surface area contributed by atoms with Gasteiger partial charge in [0, 0.05) is 31.4 Å². The van der Waals surface area contributed by atoms with Gasteiger partial charge in [-0.3, -0.25) is 0 Å². The van der Waals surface area contributed by atoms with E-state index in [0.29, 0.717) is 35.9 Å². The maximum Gasteiger partial charge on any atom is 0.341 e. The van der Waals surface area contributed by atoms with Gasteiger partial charge in [0.05, 0.1) is 17.9 Å². The van der Waals surface area contributed by atoms with Crippen molar-refractivity contribution in [1.29, 1.82) is 0 Å². The average molecular weight is 278 g/mol. The zero-order valence-electron chi connectivity index (χ0n) is 12.5. The maximum atomic E-state index is 11.7. The van der Waals surface area contributed by atoms with Crippen LogP contribution in [-0.2, 0) is 4.74 Å². The summed E-state index contributed by atoms with van der Waals surface area (Å²) >= 11 is 0. The molecule has 1 N–H and O–H groups in total. The second kappa shape index (κ2) is 6.17. The van der Waals surface area contributed by atoms with Crippen LogP contribution in [0.15, 0.2) is 6.20 Å². The maximum absolute atomic E-state index is 11.7. The zero-order chi connectivity index (χ0) is 14.7. The Morgan fingerprint density at radius 2 is 2.30 bits per heavy atom. The van der Waals surface area contributed by atoms with Crippen LogP contribution >= 0.6 is 0 Å². The van der Waals surface area contributed by atoms with Crippen molar-refractivity contribution in [2.45, 2.75) is 39.8 Å². The molecule has 2 unspecified atom stereocenters. The molecule has 0 radical (unpaired) electrons. The van der Waals surface area contributed by atoms with Crippen LogP contribution in [0.3, 0.4) is 0 Å². The van der Waals surface area contributed by atoms with Crippen molar-refractivity contribution in [3.8, 4) is 0 Å². The molecular formula is C14H22N4O2. The number of anilines is 1. The summed E-state index contributed by atoms with van der Waals surface area (Å²) in [6.07, 6.45) is 1.56. The van der Waals surface area contributed by atoms with E-state index in [1.807, 2.05) is 6.92 Å². The van der Waals surface area contributed by atoms with Crippen LogP contribution in [0.1, 0.15) is 36.8 Å². The lowest BCUT2D eigenvalue weighted by molar-refractivity contribution is 0.0524. The summed E-state index contributed by atoms with van der Waals surface area (Å²) in [5.41, 5.74) is 1.10. The van der Waals surface area contributed by atoms with Crippen LogP contribution in [0.2, 0.25) is 0 Å². The first-order valence-corrected chi connectivity index (χ1v) is 7.03. The highest BCUT2D eigenvalue weighted by Crippen LogP contribution is 2.17. The van der Waals surface area contributed by atoms with Gasteiger partial charge in [0.25, 0.3) is 0 Å². The summed E-state index contributed by atoms with van der Waals surface area (Å²) < 4.78 is 4.99. The molecule has 0 amide bonds. The van der Waals surface area contributed by atoms with E-state index >= 15 is 0 Å². The molecule has 0 aliphatic carbocycles. The van der Waals surface area contributed by atoms with Gasteiger partial charge in [-0.05, 0) is 27.7 Å². The van der Waals surface area contributed by atoms with Crippen molar-refractivity contribution >= 4 is 11.9 Å². The molecule has 1 aliphatic heterocycles. The van der Waals surface area contributed by atoms with Gasteiger partial charge in [-0.15, -0.1) is 0 Å². The van der Waals surface area contributed by atoms with Crippen molar-refractivity contribution < 1.29 is 9.53 Å². The molecule has 0 spiro atoms. The van der Waals surface area contributed by atoms with E-state index in [9.17, 15) is 4.79 Å². The van der Waals surface area contributed by atoms with E-state index in [-0.39, 0.29) is 5.97 Å². The molecule has 20 heavy (non-hydrogen) atoms. The van der Waals surface area contributed by atoms with Crippen molar-refractivity contribution in [2.75, 3.05) is 24.6 Å². The Bertz CT molecular complexity index is 492. The molecule has 1 aromatic heterocycles. The Hall–Kier alpha value is -1.69. The summed E-state index contributed by atoms with van der Waals surface area (Å²) in [6, 6.07) is 0.735. The van der Waals surface area contributed by atoms with Crippen LogP contribution in [0.5, 0.6) is 0 Å². The fraction of sp³-hybridized carbons (Fsp3) is 0.643. The van der Waals surface area contributed by atoms with E-state index in [1.165, 1.54) is 0 Å². The van der Waals surface area contributed by atoms with Crippen molar-refractivity contribution in [3.63, 3.8) is 0 Å². The van der Waals surface area contributed by atoms with Gasteiger partial charge in [-0.25, -0.2) is 14.8 Å². The first-order chi connectivity index (χ1) is 9.52. The summed E-state index contributed by atoms with van der Waals surface area (Å²) in [7, 11) is 0. The lowest BCUT2D eigenvalue weighted by Gasteiger charge is -2.37. The van der Waals surface area contributed by atoms with Gasteiger partial charge in [-0.1, -0.05) is 0 Å². The monoisotopic (exact) mass is 278 g/mol. The summed E-state index contributed by atoms with van der Waals surface area (Å²) in [5, 5.41) is 3.42. The number of nitrogens with zero attached hydrogens (tertiary/aromatic N) is 3. The third kappa shape index (κ3) is 3.07. The lowest BCUT2D eigenvalue weighted by Crippen LogP contribution is -2.55. The predicted octanol–water partition coefficient (Wildman–Crippen LogP) is 1.15. The minimum atomic E-state index is -0.363. The third-order valence-corrected chi connectivity index (χ3v) is 3.48. The van der Waals surface area contributed by atoms with Gasteiger partial charge < -0.3 is 15.0 Å². The summed E-state index contributed by atoms with van der Waals surface area (Å²) in [4.78, 5) is 22.7. The number of ether oxygens (including phenoxy) is 1. The van der Waals surface area contributed by atoms with E-state index in [2.05, 4.69) is 34.0 Å². The Balaban J connectivity index is 2.22. The molecular weight excluding hydrogens is 256 g/mol. The molecule has 0 saturated carbocycles. The molecule has 1 fully saturated rings. The topological polar surface area (TPSA) is 67.3 Å². The number of aromatic nitrogens is 2. The Morgan fingerprint density at radius 1 is 1.55 bits per heavy atom. The fourth-order valence-corrected chi connectivity index (χ4v) is 2.30. The van der Waals surface area contributed by atoms with Crippen LogP contribution < -0.4 is 10.2 Å². The molecule has 1 aromatic rings. The molecule has 2 rings (SSSR count). The predicted molar refractivity (Wildman–Crippen MR) is 77.0 cm³/mol. The quantitative estimate of drug-likeness (QED) is 0.837. The zero-order valence-corrected chi connectivity index (χ0v) is 12.5. The number of piperazine rings is 1. The number of esters is 1. The second-order valence-electron chi connectivity index (χ2n) is 5.20. The SMILES string of the molecule is CCOC(=O)c1cnc(N2CC(C)NCC2C)nc1C. The van der Waals surface area contributed by atoms with E-state index in [4.69, 9.17) is 4.74 Å². The number of carbonyl (C=O) groups is 1. The first kappa shape index (κ1) is 14.7. The highest BCUT2D eigenvalue weighted by Gasteiger charge is 2.25. The van der Waals surface area contributed by atoms with Gasteiger partial charge >= 0.3 is 5.97 Å². The highest BCUT2D eigenvalue weighted by atomic mass is 16.5. The number of aryl methyl sites for hydroxylation is 1. The molecule has 6 nitrogen and oxygen atoms in total. The van der Waals surface area contributed by atoms with E-state index < -0.39 is 0 Å². The minimum Gasteiger partial charge on any atom is -0.462 e. The fourth-order valence-electron chi connectivity index (χ4n) is 2.30. The van der Waals surface area contributed by atoms with E-state index in [1.54, 1.807) is 13.1 Å². The summed E-state index contributed by atoms with van der Waals surface area (Å²) in [6.45, 7) is 9.99. The number of carbonyl (C=O) groups excluding carboxylic acids is 1. The average Bonchev–Trinajstić information content (AvgIpc) is 2.41. The molecule has 110 valence electrons. The molecule has 1 aliphatic rings. The Morgan fingerprint density at radius 3 is 2.95 bits per heavy atom. The number of nitrogens with one attached hydrogen (secondary N) is 1. The molecule has 1 saturated heterocycles. The van der Waals surface area contributed by atoms with Crippen molar-refractivity contribution in [1.82, 2.24) is 15.3 Å². The smallest absolute Gasteiger partial charge is 0.341 e. The standard InChI is InChI=1S/C14H22N4O2/c1-5-20-13(19)12-7-16-14(17-11(12)4)18-8-9(2)15-6-10(18)3/h7,9-10,15H,5-6,8H2,1-4H3. The Labute approximate surface area is 119 Å². The highest BCUT2D eigenvalue weighted by molar-refractivity contribution is 5.90. The van der Waals surface area contributed by atoms with E-state index in [0.717, 1.165) is 13.1 Å². The number of rotatable bonds is 3. The molecule has 6 heteroatoms. The third-order valence-electron chi connectivity index (χ3n) is 3.48. The number of hydrogen-bond acceptors (Lipinski definition) is 6. The first-order valence-electron chi connectivity index (χ1n) is 7.03. The van der Waals surface area contributed by atoms with Crippen LogP contribution in [0.25, 0.3) is 0 Å². The number of hydrogen-bond donors (Lipinski definition) is 1. The largest absolute Gasteiger partial charge is 0.462 e. The van der Waals surface area contributed by atoms with Gasteiger partial charge in [0.1, 0.15) is 0 Å².